The van der Waals surface area contributed by atoms with Crippen molar-refractivity contribution in [1.82, 2.24) is 0 Å². The second-order valence-electron chi connectivity index (χ2n) is 5.83. The number of benzene rings is 1. The second kappa shape index (κ2) is 4.56. The van der Waals surface area contributed by atoms with Crippen LogP contribution in [0.3, 0.4) is 0 Å². The fourth-order valence-electron chi connectivity index (χ4n) is 3.09. The fourth-order valence-corrected chi connectivity index (χ4v) is 3.09. The molecular weight excluding hydrogens is 208 g/mol. The maximum Gasteiger partial charge on any atom is 0.115 e. The van der Waals surface area contributed by atoms with Gasteiger partial charge < -0.3 is 5.11 Å². The van der Waals surface area contributed by atoms with E-state index in [9.17, 15) is 0 Å². The molecule has 0 spiro atoms. The highest BCUT2D eigenvalue weighted by atomic mass is 16.3. The zero-order valence-electron chi connectivity index (χ0n) is 11.0. The summed E-state index contributed by atoms with van der Waals surface area (Å²) in [5, 5.41) is 8.63. The molecule has 0 aliphatic heterocycles. The number of hydrogen-bond donors (Lipinski definition) is 1. The van der Waals surface area contributed by atoms with Gasteiger partial charge in [-0.25, -0.2) is 0 Å². The van der Waals surface area contributed by atoms with Gasteiger partial charge in [-0.15, -0.1) is 0 Å². The number of rotatable bonds is 0. The van der Waals surface area contributed by atoms with Crippen LogP contribution in [-0.2, 0) is 0 Å². The van der Waals surface area contributed by atoms with Crippen LogP contribution in [0.25, 0.3) is 0 Å². The normalized spacial score (nSPS) is 28.3. The van der Waals surface area contributed by atoms with E-state index in [0.717, 1.165) is 11.8 Å². The van der Waals surface area contributed by atoms with Crippen molar-refractivity contribution in [3.05, 3.63) is 42.0 Å². The fraction of sp³-hybridized carbons (Fsp3) is 0.500. The van der Waals surface area contributed by atoms with Gasteiger partial charge in [0.05, 0.1) is 0 Å². The first-order chi connectivity index (χ1) is 8.01. The third kappa shape index (κ3) is 2.38. The highest BCUT2D eigenvalue weighted by molar-refractivity contribution is 5.21. The number of aromatic hydroxyl groups is 1. The van der Waals surface area contributed by atoms with Crippen molar-refractivity contribution in [2.75, 3.05) is 0 Å². The van der Waals surface area contributed by atoms with Gasteiger partial charge in [-0.2, -0.15) is 0 Å². The molecule has 1 fully saturated rings. The van der Waals surface area contributed by atoms with Crippen LogP contribution in [0.15, 0.2) is 42.0 Å². The monoisotopic (exact) mass is 230 g/mol. The molecule has 0 aromatic heterocycles. The van der Waals surface area contributed by atoms with Gasteiger partial charge in [-0.05, 0) is 49.1 Å². The first-order valence-electron chi connectivity index (χ1n) is 6.42. The number of fused-ring (bicyclic) bond motifs is 1. The van der Waals surface area contributed by atoms with E-state index in [4.69, 9.17) is 5.11 Å². The molecule has 4 rings (SSSR count). The highest BCUT2D eigenvalue weighted by Crippen LogP contribution is 2.58. The van der Waals surface area contributed by atoms with Gasteiger partial charge in [-0.3, -0.25) is 0 Å². The molecule has 2 bridgehead atoms. The molecule has 1 nitrogen and oxygen atoms in total. The van der Waals surface area contributed by atoms with Gasteiger partial charge >= 0.3 is 0 Å². The molecule has 1 N–H and O–H groups in total. The molecular formula is C16H22O. The van der Waals surface area contributed by atoms with Gasteiger partial charge in [0, 0.05) is 0 Å². The third-order valence-corrected chi connectivity index (χ3v) is 4.50. The molecule has 2 atom stereocenters. The van der Waals surface area contributed by atoms with Gasteiger partial charge in [0.2, 0.25) is 0 Å². The summed E-state index contributed by atoms with van der Waals surface area (Å²) in [7, 11) is 0. The third-order valence-electron chi connectivity index (χ3n) is 4.50. The molecule has 0 saturated heterocycles. The maximum atomic E-state index is 8.63. The summed E-state index contributed by atoms with van der Waals surface area (Å²) in [5.74, 6) is 2.25. The quantitative estimate of drug-likeness (QED) is 0.655. The summed E-state index contributed by atoms with van der Waals surface area (Å²) in [6.07, 6.45) is 5.24. The van der Waals surface area contributed by atoms with E-state index in [0.29, 0.717) is 11.2 Å². The van der Waals surface area contributed by atoms with Gasteiger partial charge in [0.1, 0.15) is 5.75 Å². The predicted molar refractivity (Wildman–Crippen MR) is 71.9 cm³/mol. The summed E-state index contributed by atoms with van der Waals surface area (Å²) in [4.78, 5) is 0. The molecule has 1 saturated carbocycles. The standard InChI is InChI=1S/C10H16.C6H6O/c1-7-4-5-8-6-9(7)10(8,2)3;7-6-4-2-1-3-5-6/h4,8-9H,5-6H2,1-3H3;1-5,7H. The number of hydrogen-bond acceptors (Lipinski definition) is 1. The average Bonchev–Trinajstić information content (AvgIpc) is 2.30. The Morgan fingerprint density at radius 1 is 1.18 bits per heavy atom. The van der Waals surface area contributed by atoms with Crippen molar-refractivity contribution < 1.29 is 5.11 Å². The molecule has 1 aromatic rings. The van der Waals surface area contributed by atoms with Crippen LogP contribution < -0.4 is 0 Å². The number of phenolic OH excluding ortho intramolecular Hbond substituents is 1. The number of allylic oxidation sites excluding steroid dienone is 2. The molecule has 2 unspecified atom stereocenters. The van der Waals surface area contributed by atoms with Crippen LogP contribution in [0.5, 0.6) is 5.75 Å². The van der Waals surface area contributed by atoms with E-state index < -0.39 is 0 Å². The maximum absolute atomic E-state index is 8.63. The lowest BCUT2D eigenvalue weighted by Crippen LogP contribution is -2.47. The van der Waals surface area contributed by atoms with Crippen molar-refractivity contribution in [2.45, 2.75) is 33.6 Å². The minimum absolute atomic E-state index is 0.322. The molecule has 0 heterocycles. The van der Waals surface area contributed by atoms with Crippen LogP contribution in [-0.4, -0.2) is 5.11 Å². The Hall–Kier alpha value is -1.24. The Kier molecular flexibility index (Phi) is 3.28. The van der Waals surface area contributed by atoms with Crippen molar-refractivity contribution in [3.8, 4) is 5.75 Å². The zero-order chi connectivity index (χ0) is 12.5. The Morgan fingerprint density at radius 2 is 1.82 bits per heavy atom. The van der Waals surface area contributed by atoms with Crippen LogP contribution >= 0.6 is 0 Å². The molecule has 0 amide bonds. The second-order valence-corrected chi connectivity index (χ2v) is 5.83. The summed E-state index contributed by atoms with van der Waals surface area (Å²) < 4.78 is 0. The van der Waals surface area contributed by atoms with Crippen molar-refractivity contribution in [1.29, 1.82) is 0 Å². The smallest absolute Gasteiger partial charge is 0.115 e. The lowest BCUT2D eigenvalue weighted by molar-refractivity contribution is -0.00579. The summed E-state index contributed by atoms with van der Waals surface area (Å²) in [6, 6.07) is 8.71. The summed E-state index contributed by atoms with van der Waals surface area (Å²) in [5.41, 5.74) is 2.28. The number of para-hydroxylation sites is 1. The SMILES string of the molecule is CC1=CCC2CC1C2(C)C.Oc1ccccc1. The minimum Gasteiger partial charge on any atom is -0.508 e. The van der Waals surface area contributed by atoms with E-state index in [1.165, 1.54) is 12.8 Å². The van der Waals surface area contributed by atoms with E-state index >= 15 is 0 Å². The summed E-state index contributed by atoms with van der Waals surface area (Å²) in [6.45, 7) is 7.13. The Morgan fingerprint density at radius 3 is 2.12 bits per heavy atom. The summed E-state index contributed by atoms with van der Waals surface area (Å²) >= 11 is 0. The highest BCUT2D eigenvalue weighted by Gasteiger charge is 2.49. The van der Waals surface area contributed by atoms with E-state index in [1.54, 1.807) is 29.8 Å². The lowest BCUT2D eigenvalue weighted by atomic mass is 9.49. The van der Waals surface area contributed by atoms with Gasteiger partial charge in [0.15, 0.2) is 0 Å². The molecule has 92 valence electrons. The number of phenols is 1. The lowest BCUT2D eigenvalue weighted by Gasteiger charge is -2.56. The van der Waals surface area contributed by atoms with E-state index in [2.05, 4.69) is 26.8 Å². The predicted octanol–water partition coefficient (Wildman–Crippen LogP) is 4.39. The topological polar surface area (TPSA) is 20.2 Å². The average molecular weight is 230 g/mol. The Bertz CT molecular complexity index is 403. The van der Waals surface area contributed by atoms with E-state index in [-0.39, 0.29) is 0 Å². The zero-order valence-corrected chi connectivity index (χ0v) is 11.0. The van der Waals surface area contributed by atoms with Crippen LogP contribution in [0, 0.1) is 17.3 Å². The van der Waals surface area contributed by atoms with Crippen molar-refractivity contribution in [3.63, 3.8) is 0 Å². The first-order valence-corrected chi connectivity index (χ1v) is 6.42. The van der Waals surface area contributed by atoms with Crippen molar-refractivity contribution >= 4 is 0 Å². The van der Waals surface area contributed by atoms with Gasteiger partial charge in [0.25, 0.3) is 0 Å². The molecule has 3 aliphatic carbocycles. The molecule has 1 heteroatoms. The van der Waals surface area contributed by atoms with Crippen LogP contribution in [0.2, 0.25) is 0 Å². The molecule has 0 radical (unpaired) electrons. The first kappa shape index (κ1) is 12.2. The van der Waals surface area contributed by atoms with E-state index in [1.807, 2.05) is 6.07 Å². The molecule has 1 aromatic carbocycles. The van der Waals surface area contributed by atoms with Crippen molar-refractivity contribution in [2.24, 2.45) is 17.3 Å². The minimum atomic E-state index is 0.322. The van der Waals surface area contributed by atoms with Gasteiger partial charge in [-0.1, -0.05) is 43.7 Å². The van der Waals surface area contributed by atoms with Crippen LogP contribution in [0.1, 0.15) is 33.6 Å². The Balaban J connectivity index is 0.000000136. The molecule has 17 heavy (non-hydrogen) atoms. The largest absolute Gasteiger partial charge is 0.508 e. The molecule has 3 aliphatic rings. The Labute approximate surface area is 104 Å². The van der Waals surface area contributed by atoms with Crippen LogP contribution in [0.4, 0.5) is 0 Å².